The zero-order valence-electron chi connectivity index (χ0n) is 17.8. The van der Waals surface area contributed by atoms with Crippen LogP contribution in [0.5, 0.6) is 0 Å². The molecule has 0 saturated heterocycles. The van der Waals surface area contributed by atoms with Crippen molar-refractivity contribution in [2.75, 3.05) is 0 Å². The summed E-state index contributed by atoms with van der Waals surface area (Å²) in [5, 5.41) is 5.99. The monoisotopic (exact) mass is 422 g/mol. The molecule has 0 saturated carbocycles. The van der Waals surface area contributed by atoms with Crippen LogP contribution in [-0.2, 0) is 6.42 Å². The van der Waals surface area contributed by atoms with E-state index in [4.69, 9.17) is 0 Å². The summed E-state index contributed by atoms with van der Waals surface area (Å²) in [5.74, 6) is 0. The lowest BCUT2D eigenvalue weighted by Crippen LogP contribution is -2.72. The maximum atomic E-state index is 2.54. The largest absolute Gasteiger partial charge is 0.180 e. The second-order valence-electron chi connectivity index (χ2n) is 8.91. The van der Waals surface area contributed by atoms with Crippen molar-refractivity contribution in [1.82, 2.24) is 0 Å². The third kappa shape index (κ3) is 2.26. The van der Waals surface area contributed by atoms with Crippen LogP contribution in [0.2, 0.25) is 0 Å². The predicted octanol–water partition coefficient (Wildman–Crippen LogP) is 4.62. The van der Waals surface area contributed by atoms with Gasteiger partial charge in [-0.3, -0.25) is 0 Å². The smallest absolute Gasteiger partial charge is 0.0623 e. The number of fused-ring (bicyclic) bond motifs is 6. The van der Waals surface area contributed by atoms with Crippen LogP contribution in [0.1, 0.15) is 11.1 Å². The Morgan fingerprint density at radius 3 is 1.69 bits per heavy atom. The molecule has 1 aliphatic carbocycles. The van der Waals surface area contributed by atoms with Crippen LogP contribution in [0.25, 0.3) is 22.3 Å². The molecule has 0 fully saturated rings. The molecule has 0 amide bonds. The van der Waals surface area contributed by atoms with Crippen LogP contribution in [0.15, 0.2) is 121 Å². The second-order valence-corrected chi connectivity index (χ2v) is 12.6. The van der Waals surface area contributed by atoms with Gasteiger partial charge in [0.1, 0.15) is 0 Å². The van der Waals surface area contributed by atoms with E-state index >= 15 is 0 Å². The summed E-state index contributed by atoms with van der Waals surface area (Å²) in [6, 6.07) is 45.7. The van der Waals surface area contributed by atoms with Crippen molar-refractivity contribution in [3.05, 3.63) is 132 Å². The predicted molar refractivity (Wildman–Crippen MR) is 137 cm³/mol. The molecule has 1 aliphatic heterocycles. The van der Waals surface area contributed by atoms with Gasteiger partial charge in [0, 0.05) is 0 Å². The number of hydrogen-bond donors (Lipinski definition) is 0. The first-order valence-electron chi connectivity index (χ1n) is 11.3. The van der Waals surface area contributed by atoms with Gasteiger partial charge >= 0.3 is 0 Å². The Morgan fingerprint density at radius 2 is 0.969 bits per heavy atom. The fourth-order valence-electron chi connectivity index (χ4n) is 6.09. The van der Waals surface area contributed by atoms with Crippen molar-refractivity contribution in [3.63, 3.8) is 0 Å². The molecule has 5 aromatic rings. The van der Waals surface area contributed by atoms with Gasteiger partial charge in [-0.05, 0) is 60.5 Å². The lowest BCUT2D eigenvalue weighted by Gasteiger charge is -2.31. The minimum Gasteiger partial charge on any atom is -0.0623 e. The van der Waals surface area contributed by atoms with Crippen LogP contribution >= 0.6 is 0 Å². The summed E-state index contributed by atoms with van der Waals surface area (Å²) in [4.78, 5) is 0. The van der Waals surface area contributed by atoms with Crippen LogP contribution in [-0.4, -0.2) is 8.07 Å². The van der Waals surface area contributed by atoms with E-state index < -0.39 is 8.07 Å². The molecule has 0 atom stereocenters. The fourth-order valence-corrected chi connectivity index (χ4v) is 11.3. The molecule has 150 valence electrons. The zero-order valence-corrected chi connectivity index (χ0v) is 18.8. The Balaban J connectivity index is 1.57. The normalized spacial score (nSPS) is 14.4. The summed E-state index contributed by atoms with van der Waals surface area (Å²) >= 11 is 0. The van der Waals surface area contributed by atoms with E-state index in [0.29, 0.717) is 0 Å². The van der Waals surface area contributed by atoms with Crippen LogP contribution in [0.3, 0.4) is 0 Å². The highest BCUT2D eigenvalue weighted by atomic mass is 28.3. The van der Waals surface area contributed by atoms with E-state index in [0.717, 1.165) is 6.42 Å². The fraction of sp³-hybridized carbons (Fsp3) is 0.0323. The Bertz CT molecular complexity index is 1450. The Labute approximate surface area is 189 Å². The molecular formula is C31H22Si. The molecule has 2 aliphatic rings. The Hall–Kier alpha value is -3.68. The average molecular weight is 423 g/mol. The van der Waals surface area contributed by atoms with Gasteiger partial charge in [-0.25, -0.2) is 0 Å². The van der Waals surface area contributed by atoms with E-state index in [2.05, 4.69) is 121 Å². The van der Waals surface area contributed by atoms with Gasteiger partial charge in [0.2, 0.25) is 0 Å². The molecular weight excluding hydrogens is 400 g/mol. The maximum absolute atomic E-state index is 2.54. The van der Waals surface area contributed by atoms with Gasteiger partial charge < -0.3 is 0 Å². The molecule has 0 nitrogen and oxygen atoms in total. The molecule has 0 radical (unpaired) electrons. The van der Waals surface area contributed by atoms with Crippen molar-refractivity contribution in [1.29, 1.82) is 0 Å². The number of rotatable bonds is 2. The third-order valence-corrected chi connectivity index (χ3v) is 12.3. The lowest BCUT2D eigenvalue weighted by atomic mass is 10.1. The molecule has 32 heavy (non-hydrogen) atoms. The van der Waals surface area contributed by atoms with E-state index in [1.54, 1.807) is 0 Å². The quantitative estimate of drug-likeness (QED) is 0.357. The van der Waals surface area contributed by atoms with E-state index in [9.17, 15) is 0 Å². The summed E-state index contributed by atoms with van der Waals surface area (Å²) in [6.07, 6.45) is 1.03. The zero-order chi connectivity index (χ0) is 21.1. The van der Waals surface area contributed by atoms with Gasteiger partial charge in [-0.15, -0.1) is 0 Å². The molecule has 0 aromatic heterocycles. The van der Waals surface area contributed by atoms with Crippen molar-refractivity contribution in [3.8, 4) is 22.3 Å². The standard InChI is InChI=1S/C31H22Si/c1-2-11-24(12-3-1)32(30-16-8-6-14-28(30)29-15-7-9-17-31(29)32)25-18-19-27-23(21-25)20-22-10-4-5-13-26(22)27/h1-19,21H,20H2. The first-order chi connectivity index (χ1) is 15.9. The highest BCUT2D eigenvalue weighted by Crippen LogP contribution is 2.36. The first-order valence-corrected chi connectivity index (χ1v) is 13.3. The van der Waals surface area contributed by atoms with Gasteiger partial charge in [0.25, 0.3) is 0 Å². The van der Waals surface area contributed by atoms with E-state index in [1.807, 2.05) is 0 Å². The minimum absolute atomic E-state index is 1.03. The molecule has 0 spiro atoms. The molecule has 7 rings (SSSR count). The summed E-state index contributed by atoms with van der Waals surface area (Å²) in [7, 11) is -2.37. The van der Waals surface area contributed by atoms with E-state index in [-0.39, 0.29) is 0 Å². The molecule has 5 aromatic carbocycles. The molecule has 1 heteroatoms. The van der Waals surface area contributed by atoms with Gasteiger partial charge in [-0.1, -0.05) is 121 Å². The van der Waals surface area contributed by atoms with Gasteiger partial charge in [0.15, 0.2) is 8.07 Å². The molecule has 0 unspecified atom stereocenters. The van der Waals surface area contributed by atoms with Crippen molar-refractivity contribution < 1.29 is 0 Å². The van der Waals surface area contributed by atoms with Crippen molar-refractivity contribution in [2.45, 2.75) is 6.42 Å². The summed E-state index contributed by atoms with van der Waals surface area (Å²) in [6.45, 7) is 0. The second kappa shape index (κ2) is 6.66. The maximum Gasteiger partial charge on any atom is 0.180 e. The Morgan fingerprint density at radius 1 is 0.406 bits per heavy atom. The van der Waals surface area contributed by atoms with Crippen LogP contribution in [0.4, 0.5) is 0 Å². The first kappa shape index (κ1) is 17.9. The Kier molecular flexibility index (Phi) is 3.73. The topological polar surface area (TPSA) is 0 Å². The third-order valence-electron chi connectivity index (χ3n) is 7.39. The highest BCUT2D eigenvalue weighted by Gasteiger charge is 2.48. The van der Waals surface area contributed by atoms with Crippen molar-refractivity contribution in [2.24, 2.45) is 0 Å². The van der Waals surface area contributed by atoms with Crippen LogP contribution in [0, 0.1) is 0 Å². The summed E-state index contributed by atoms with van der Waals surface area (Å²) < 4.78 is 0. The highest BCUT2D eigenvalue weighted by molar-refractivity contribution is 7.22. The van der Waals surface area contributed by atoms with Crippen molar-refractivity contribution >= 4 is 28.8 Å². The minimum atomic E-state index is -2.37. The summed E-state index contributed by atoms with van der Waals surface area (Å²) in [5.41, 5.74) is 8.53. The molecule has 0 N–H and O–H groups in total. The number of benzene rings is 5. The van der Waals surface area contributed by atoms with E-state index in [1.165, 1.54) is 54.1 Å². The van der Waals surface area contributed by atoms with Gasteiger partial charge in [-0.2, -0.15) is 0 Å². The van der Waals surface area contributed by atoms with Crippen LogP contribution < -0.4 is 20.7 Å². The average Bonchev–Trinajstić information content (AvgIpc) is 3.38. The van der Waals surface area contributed by atoms with Gasteiger partial charge in [0.05, 0.1) is 0 Å². The lowest BCUT2D eigenvalue weighted by molar-refractivity contribution is 1.27. The molecule has 0 bridgehead atoms. The SMILES string of the molecule is c1ccc([Si]2(c3ccc4c(c3)Cc3ccccc3-4)c3ccccc3-c3ccccc32)cc1. The molecule has 1 heterocycles. The number of hydrogen-bond acceptors (Lipinski definition) is 0.